The normalized spacial score (nSPS) is 29.9. The Hall–Kier alpha value is -1.46. The van der Waals surface area contributed by atoms with Crippen molar-refractivity contribution in [1.82, 2.24) is 15.2 Å². The monoisotopic (exact) mass is 275 g/mol. The van der Waals surface area contributed by atoms with Crippen molar-refractivity contribution >= 4 is 5.91 Å². The zero-order valence-electron chi connectivity index (χ0n) is 11.8. The molecule has 1 amide bonds. The maximum atomic E-state index is 11.7. The molecule has 0 bridgehead atoms. The van der Waals surface area contributed by atoms with Gasteiger partial charge in [-0.15, -0.1) is 0 Å². The first-order chi connectivity index (χ1) is 9.76. The van der Waals surface area contributed by atoms with Crippen molar-refractivity contribution in [2.75, 3.05) is 20.1 Å². The fourth-order valence-corrected chi connectivity index (χ4v) is 3.21. The van der Waals surface area contributed by atoms with Crippen molar-refractivity contribution < 1.29 is 9.53 Å². The molecule has 0 aromatic carbocycles. The van der Waals surface area contributed by atoms with E-state index in [9.17, 15) is 4.79 Å². The molecule has 5 heteroatoms. The molecule has 2 saturated heterocycles. The summed E-state index contributed by atoms with van der Waals surface area (Å²) >= 11 is 0. The lowest BCUT2D eigenvalue weighted by molar-refractivity contribution is -0.132. The van der Waals surface area contributed by atoms with Crippen LogP contribution in [0.1, 0.15) is 18.4 Å². The molecule has 3 atom stereocenters. The smallest absolute Gasteiger partial charge is 0.248 e. The number of likely N-dealkylation sites (tertiary alicyclic amines) is 1. The number of aromatic nitrogens is 1. The van der Waals surface area contributed by atoms with Gasteiger partial charge in [0, 0.05) is 32.5 Å². The SMILES string of the molecule is CNC(=O)[C@H]1C[C@@H]2CCN(Cc3ccncc3)C[C@H]2O1. The summed E-state index contributed by atoms with van der Waals surface area (Å²) in [6.07, 6.45) is 5.59. The summed E-state index contributed by atoms with van der Waals surface area (Å²) in [4.78, 5) is 18.1. The van der Waals surface area contributed by atoms with E-state index >= 15 is 0 Å². The number of nitrogens with one attached hydrogen (secondary N) is 1. The molecule has 1 aromatic rings. The van der Waals surface area contributed by atoms with Gasteiger partial charge in [-0.1, -0.05) is 0 Å². The van der Waals surface area contributed by atoms with Gasteiger partial charge in [0.25, 0.3) is 0 Å². The molecule has 0 radical (unpaired) electrons. The molecule has 0 unspecified atom stereocenters. The number of pyridine rings is 1. The van der Waals surface area contributed by atoms with Crippen molar-refractivity contribution in [3.8, 4) is 0 Å². The Morgan fingerprint density at radius 1 is 1.50 bits per heavy atom. The van der Waals surface area contributed by atoms with Gasteiger partial charge in [0.1, 0.15) is 6.10 Å². The number of rotatable bonds is 3. The molecule has 0 saturated carbocycles. The number of hydrogen-bond donors (Lipinski definition) is 1. The van der Waals surface area contributed by atoms with E-state index < -0.39 is 0 Å². The molecular formula is C15H21N3O2. The van der Waals surface area contributed by atoms with Gasteiger partial charge < -0.3 is 10.1 Å². The summed E-state index contributed by atoms with van der Waals surface area (Å²) < 4.78 is 5.92. The van der Waals surface area contributed by atoms with Crippen LogP contribution in [0.25, 0.3) is 0 Å². The Labute approximate surface area is 119 Å². The average Bonchev–Trinajstić information content (AvgIpc) is 2.90. The molecular weight excluding hydrogens is 254 g/mol. The van der Waals surface area contributed by atoms with E-state index in [-0.39, 0.29) is 18.1 Å². The quantitative estimate of drug-likeness (QED) is 0.887. The van der Waals surface area contributed by atoms with Gasteiger partial charge in [0.05, 0.1) is 6.10 Å². The van der Waals surface area contributed by atoms with E-state index in [2.05, 4.69) is 27.3 Å². The Morgan fingerprint density at radius 3 is 3.05 bits per heavy atom. The summed E-state index contributed by atoms with van der Waals surface area (Å²) in [6, 6.07) is 4.10. The Bertz CT molecular complexity index is 465. The van der Waals surface area contributed by atoms with Crippen molar-refractivity contribution in [3.63, 3.8) is 0 Å². The first kappa shape index (κ1) is 13.5. The molecule has 2 aliphatic heterocycles. The summed E-state index contributed by atoms with van der Waals surface area (Å²) in [5, 5.41) is 2.68. The van der Waals surface area contributed by atoms with Gasteiger partial charge in [-0.3, -0.25) is 14.7 Å². The molecule has 2 aliphatic rings. The standard InChI is InChI=1S/C15H21N3O2/c1-16-15(19)13-8-12-4-7-18(10-14(12)20-13)9-11-2-5-17-6-3-11/h2-3,5-6,12-14H,4,7-10H2,1H3,(H,16,19)/t12-,13+,14+/m0/s1. The summed E-state index contributed by atoms with van der Waals surface area (Å²) in [5.41, 5.74) is 1.28. The van der Waals surface area contributed by atoms with E-state index in [1.54, 1.807) is 7.05 Å². The zero-order valence-corrected chi connectivity index (χ0v) is 11.8. The zero-order chi connectivity index (χ0) is 13.9. The predicted octanol–water partition coefficient (Wildman–Crippen LogP) is 0.807. The predicted molar refractivity (Wildman–Crippen MR) is 75.0 cm³/mol. The first-order valence-corrected chi connectivity index (χ1v) is 7.24. The lowest BCUT2D eigenvalue weighted by atomic mass is 9.91. The molecule has 3 rings (SSSR count). The van der Waals surface area contributed by atoms with Crippen LogP contribution in [0.3, 0.4) is 0 Å². The van der Waals surface area contributed by atoms with Crippen LogP contribution >= 0.6 is 0 Å². The van der Waals surface area contributed by atoms with Crippen molar-refractivity contribution in [1.29, 1.82) is 0 Å². The summed E-state index contributed by atoms with van der Waals surface area (Å²) in [6.45, 7) is 2.92. The van der Waals surface area contributed by atoms with Crippen molar-refractivity contribution in [3.05, 3.63) is 30.1 Å². The van der Waals surface area contributed by atoms with E-state index in [0.29, 0.717) is 5.92 Å². The van der Waals surface area contributed by atoms with Crippen LogP contribution in [0, 0.1) is 5.92 Å². The van der Waals surface area contributed by atoms with Crippen LogP contribution in [0.5, 0.6) is 0 Å². The minimum absolute atomic E-state index is 0.0140. The highest BCUT2D eigenvalue weighted by Gasteiger charge is 2.41. The van der Waals surface area contributed by atoms with Crippen LogP contribution in [0.2, 0.25) is 0 Å². The third kappa shape index (κ3) is 2.83. The van der Waals surface area contributed by atoms with E-state index in [1.165, 1.54) is 5.56 Å². The second-order valence-corrected chi connectivity index (χ2v) is 5.65. The molecule has 3 heterocycles. The Morgan fingerprint density at radius 2 is 2.30 bits per heavy atom. The summed E-state index contributed by atoms with van der Waals surface area (Å²) in [5.74, 6) is 0.547. The highest BCUT2D eigenvalue weighted by atomic mass is 16.5. The molecule has 0 aliphatic carbocycles. The fraction of sp³-hybridized carbons (Fsp3) is 0.600. The van der Waals surface area contributed by atoms with Crippen LogP contribution in [0.4, 0.5) is 0 Å². The van der Waals surface area contributed by atoms with Gasteiger partial charge in [0.2, 0.25) is 5.91 Å². The maximum absolute atomic E-state index is 11.7. The number of amides is 1. The van der Waals surface area contributed by atoms with E-state index in [4.69, 9.17) is 4.74 Å². The molecule has 1 aromatic heterocycles. The van der Waals surface area contributed by atoms with Crippen LogP contribution in [0.15, 0.2) is 24.5 Å². The second-order valence-electron chi connectivity index (χ2n) is 5.65. The van der Waals surface area contributed by atoms with Crippen molar-refractivity contribution in [2.24, 2.45) is 5.92 Å². The highest BCUT2D eigenvalue weighted by molar-refractivity contribution is 5.80. The van der Waals surface area contributed by atoms with E-state index in [0.717, 1.165) is 32.5 Å². The molecule has 0 spiro atoms. The first-order valence-electron chi connectivity index (χ1n) is 7.24. The number of likely N-dealkylation sites (N-methyl/N-ethyl adjacent to an activating group) is 1. The van der Waals surface area contributed by atoms with Crippen LogP contribution < -0.4 is 5.32 Å². The number of carbonyl (C=O) groups excluding carboxylic acids is 1. The maximum Gasteiger partial charge on any atom is 0.248 e. The molecule has 5 nitrogen and oxygen atoms in total. The lowest BCUT2D eigenvalue weighted by Crippen LogP contribution is -2.42. The molecule has 108 valence electrons. The number of hydrogen-bond acceptors (Lipinski definition) is 4. The Balaban J connectivity index is 1.57. The van der Waals surface area contributed by atoms with Crippen LogP contribution in [-0.2, 0) is 16.1 Å². The molecule has 1 N–H and O–H groups in total. The molecule has 20 heavy (non-hydrogen) atoms. The largest absolute Gasteiger partial charge is 0.364 e. The van der Waals surface area contributed by atoms with Gasteiger partial charge in [-0.25, -0.2) is 0 Å². The fourth-order valence-electron chi connectivity index (χ4n) is 3.21. The molecule has 2 fully saturated rings. The highest BCUT2D eigenvalue weighted by Crippen LogP contribution is 2.33. The minimum atomic E-state index is -0.254. The third-order valence-corrected chi connectivity index (χ3v) is 4.33. The van der Waals surface area contributed by atoms with E-state index in [1.807, 2.05) is 12.4 Å². The van der Waals surface area contributed by atoms with Crippen molar-refractivity contribution in [2.45, 2.75) is 31.6 Å². The van der Waals surface area contributed by atoms with Gasteiger partial charge in [-0.2, -0.15) is 0 Å². The average molecular weight is 275 g/mol. The number of ether oxygens (including phenoxy) is 1. The number of nitrogens with zero attached hydrogens (tertiary/aromatic N) is 2. The third-order valence-electron chi connectivity index (χ3n) is 4.33. The number of piperidine rings is 1. The van der Waals surface area contributed by atoms with Gasteiger partial charge >= 0.3 is 0 Å². The topological polar surface area (TPSA) is 54.5 Å². The Kier molecular flexibility index (Phi) is 3.98. The number of fused-ring (bicyclic) bond motifs is 1. The van der Waals surface area contributed by atoms with Crippen LogP contribution in [-0.4, -0.2) is 48.1 Å². The minimum Gasteiger partial charge on any atom is -0.364 e. The number of carbonyl (C=O) groups is 1. The lowest BCUT2D eigenvalue weighted by Gasteiger charge is -2.34. The second kappa shape index (κ2) is 5.89. The summed E-state index contributed by atoms with van der Waals surface area (Å²) in [7, 11) is 1.67. The van der Waals surface area contributed by atoms with Gasteiger partial charge in [-0.05, 0) is 43.0 Å². The van der Waals surface area contributed by atoms with Gasteiger partial charge in [0.15, 0.2) is 0 Å².